The Labute approximate surface area is 132 Å². The molecule has 0 radical (unpaired) electrons. The Bertz CT molecular complexity index is 429. The zero-order chi connectivity index (χ0) is 14.5. The molecule has 0 amide bonds. The summed E-state index contributed by atoms with van der Waals surface area (Å²) < 4.78 is 1.24. The summed E-state index contributed by atoms with van der Waals surface area (Å²) in [5.41, 5.74) is 2.75. The fraction of sp³-hybridized carbons (Fsp3) is 0.647. The Balaban J connectivity index is 1.90. The normalized spacial score (nSPS) is 16.6. The average Bonchev–Trinajstić information content (AvgIpc) is 3.23. The van der Waals surface area contributed by atoms with Crippen LogP contribution in [0.1, 0.15) is 50.7 Å². The van der Waals surface area contributed by atoms with Gasteiger partial charge in [-0.15, -0.1) is 0 Å². The molecule has 1 atom stereocenters. The lowest BCUT2D eigenvalue weighted by Gasteiger charge is -2.25. The number of hydrogen-bond donors (Lipinski definition) is 1. The van der Waals surface area contributed by atoms with Gasteiger partial charge in [-0.25, -0.2) is 0 Å². The summed E-state index contributed by atoms with van der Waals surface area (Å²) in [4.78, 5) is 2.44. The summed E-state index contributed by atoms with van der Waals surface area (Å²) in [7, 11) is 2.22. The van der Waals surface area contributed by atoms with Crippen LogP contribution in [0.3, 0.4) is 0 Å². The highest BCUT2D eigenvalue weighted by atomic mass is 79.9. The number of nitrogens with zero attached hydrogens (tertiary/aromatic N) is 1. The third-order valence-corrected chi connectivity index (χ3v) is 4.91. The molecule has 0 aromatic heterocycles. The standard InChI is InChI=1S/C17H27BrN2/c1-4-5-13(2)20(3)12-15-7-6-14(10-17(15)18)11-19-16-8-9-16/h6-7,10,13,16,19H,4-5,8-9,11-12H2,1-3H3. The maximum absolute atomic E-state index is 3.73. The zero-order valence-electron chi connectivity index (χ0n) is 13.0. The third kappa shape index (κ3) is 4.87. The van der Waals surface area contributed by atoms with Gasteiger partial charge in [0.05, 0.1) is 0 Å². The van der Waals surface area contributed by atoms with Gasteiger partial charge in [0.2, 0.25) is 0 Å². The van der Waals surface area contributed by atoms with E-state index in [2.05, 4.69) is 65.2 Å². The topological polar surface area (TPSA) is 15.3 Å². The minimum Gasteiger partial charge on any atom is -0.310 e. The lowest BCUT2D eigenvalue weighted by molar-refractivity contribution is 0.236. The van der Waals surface area contributed by atoms with Crippen LogP contribution >= 0.6 is 15.9 Å². The van der Waals surface area contributed by atoms with Gasteiger partial charge >= 0.3 is 0 Å². The van der Waals surface area contributed by atoms with Gasteiger partial charge in [0, 0.05) is 29.6 Å². The van der Waals surface area contributed by atoms with E-state index in [-0.39, 0.29) is 0 Å². The fourth-order valence-electron chi connectivity index (χ4n) is 2.44. The highest BCUT2D eigenvalue weighted by Crippen LogP contribution is 2.23. The van der Waals surface area contributed by atoms with Gasteiger partial charge in [-0.1, -0.05) is 41.4 Å². The Morgan fingerprint density at radius 3 is 2.75 bits per heavy atom. The molecular formula is C17H27BrN2. The van der Waals surface area contributed by atoms with Crippen LogP contribution in [-0.2, 0) is 13.1 Å². The molecule has 3 heteroatoms. The molecule has 20 heavy (non-hydrogen) atoms. The maximum atomic E-state index is 3.73. The summed E-state index contributed by atoms with van der Waals surface area (Å²) >= 11 is 3.73. The van der Waals surface area contributed by atoms with E-state index in [1.165, 1.54) is 41.3 Å². The van der Waals surface area contributed by atoms with Crippen molar-refractivity contribution in [2.45, 2.75) is 64.7 Å². The van der Waals surface area contributed by atoms with E-state index in [1.807, 2.05) is 0 Å². The Morgan fingerprint density at radius 1 is 1.40 bits per heavy atom. The summed E-state index contributed by atoms with van der Waals surface area (Å²) in [6.45, 7) is 6.57. The van der Waals surface area contributed by atoms with Crippen molar-refractivity contribution >= 4 is 15.9 Å². The summed E-state index contributed by atoms with van der Waals surface area (Å²) in [6.07, 6.45) is 5.20. The first-order valence-corrected chi connectivity index (χ1v) is 8.60. The van der Waals surface area contributed by atoms with Gasteiger partial charge < -0.3 is 5.32 Å². The average molecular weight is 339 g/mol. The van der Waals surface area contributed by atoms with E-state index in [0.717, 1.165) is 19.1 Å². The monoisotopic (exact) mass is 338 g/mol. The molecular weight excluding hydrogens is 312 g/mol. The van der Waals surface area contributed by atoms with Crippen molar-refractivity contribution in [2.24, 2.45) is 0 Å². The molecule has 1 aromatic rings. The molecule has 112 valence electrons. The van der Waals surface area contributed by atoms with E-state index in [4.69, 9.17) is 0 Å². The number of nitrogens with one attached hydrogen (secondary N) is 1. The highest BCUT2D eigenvalue weighted by Gasteiger charge is 2.20. The van der Waals surface area contributed by atoms with Crippen LogP contribution in [0.2, 0.25) is 0 Å². The first-order valence-electron chi connectivity index (χ1n) is 7.81. The minimum absolute atomic E-state index is 0.642. The van der Waals surface area contributed by atoms with Crippen molar-refractivity contribution in [3.05, 3.63) is 33.8 Å². The third-order valence-electron chi connectivity index (χ3n) is 4.17. The summed E-state index contributed by atoms with van der Waals surface area (Å²) in [6, 6.07) is 8.21. The van der Waals surface area contributed by atoms with Crippen molar-refractivity contribution in [2.75, 3.05) is 7.05 Å². The van der Waals surface area contributed by atoms with Crippen molar-refractivity contribution in [1.82, 2.24) is 10.2 Å². The Hall–Kier alpha value is -0.380. The van der Waals surface area contributed by atoms with Crippen LogP contribution in [-0.4, -0.2) is 24.0 Å². The van der Waals surface area contributed by atoms with Crippen LogP contribution in [0.5, 0.6) is 0 Å². The van der Waals surface area contributed by atoms with Gasteiger partial charge in [-0.2, -0.15) is 0 Å². The number of halogens is 1. The minimum atomic E-state index is 0.642. The first kappa shape index (κ1) is 16.0. The molecule has 0 saturated heterocycles. The molecule has 0 aliphatic heterocycles. The molecule has 0 heterocycles. The van der Waals surface area contributed by atoms with Gasteiger partial charge in [0.1, 0.15) is 0 Å². The van der Waals surface area contributed by atoms with Crippen LogP contribution < -0.4 is 5.32 Å². The molecule has 1 fully saturated rings. The van der Waals surface area contributed by atoms with E-state index >= 15 is 0 Å². The van der Waals surface area contributed by atoms with Crippen LogP contribution in [0, 0.1) is 0 Å². The first-order chi connectivity index (χ1) is 9.60. The predicted molar refractivity (Wildman–Crippen MR) is 89.8 cm³/mol. The van der Waals surface area contributed by atoms with Gasteiger partial charge in [0.15, 0.2) is 0 Å². The second kappa shape index (κ2) is 7.58. The molecule has 2 nitrogen and oxygen atoms in total. The number of hydrogen-bond acceptors (Lipinski definition) is 2. The molecule has 1 aromatic carbocycles. The highest BCUT2D eigenvalue weighted by molar-refractivity contribution is 9.10. The van der Waals surface area contributed by atoms with Gasteiger partial charge in [-0.3, -0.25) is 4.90 Å². The van der Waals surface area contributed by atoms with Gasteiger partial charge in [0.25, 0.3) is 0 Å². The number of benzene rings is 1. The lowest BCUT2D eigenvalue weighted by Crippen LogP contribution is -2.28. The van der Waals surface area contributed by atoms with Crippen molar-refractivity contribution in [3.63, 3.8) is 0 Å². The van der Waals surface area contributed by atoms with E-state index < -0.39 is 0 Å². The predicted octanol–water partition coefficient (Wildman–Crippen LogP) is 4.32. The van der Waals surface area contributed by atoms with Crippen molar-refractivity contribution in [1.29, 1.82) is 0 Å². The molecule has 0 spiro atoms. The summed E-state index contributed by atoms with van der Waals surface area (Å²) in [5.74, 6) is 0. The SMILES string of the molecule is CCCC(C)N(C)Cc1ccc(CNC2CC2)cc1Br. The van der Waals surface area contributed by atoms with E-state index in [0.29, 0.717) is 6.04 Å². The molecule has 1 saturated carbocycles. The maximum Gasteiger partial charge on any atom is 0.0244 e. The molecule has 1 aliphatic carbocycles. The molecule has 2 rings (SSSR count). The van der Waals surface area contributed by atoms with Crippen LogP contribution in [0.15, 0.2) is 22.7 Å². The largest absolute Gasteiger partial charge is 0.310 e. The lowest BCUT2D eigenvalue weighted by atomic mass is 10.1. The van der Waals surface area contributed by atoms with Gasteiger partial charge in [-0.05, 0) is 50.4 Å². The summed E-state index contributed by atoms with van der Waals surface area (Å²) in [5, 5.41) is 3.56. The van der Waals surface area contributed by atoms with E-state index in [9.17, 15) is 0 Å². The number of rotatable bonds is 8. The molecule has 1 unspecified atom stereocenters. The van der Waals surface area contributed by atoms with Crippen molar-refractivity contribution < 1.29 is 0 Å². The Morgan fingerprint density at radius 2 is 2.15 bits per heavy atom. The quantitative estimate of drug-likeness (QED) is 0.759. The smallest absolute Gasteiger partial charge is 0.0244 e. The van der Waals surface area contributed by atoms with Crippen LogP contribution in [0.25, 0.3) is 0 Å². The Kier molecular flexibility index (Phi) is 6.06. The van der Waals surface area contributed by atoms with E-state index in [1.54, 1.807) is 0 Å². The molecule has 1 aliphatic rings. The fourth-order valence-corrected chi connectivity index (χ4v) is 2.99. The second-order valence-corrected chi connectivity index (χ2v) is 6.99. The zero-order valence-corrected chi connectivity index (χ0v) is 14.5. The molecule has 1 N–H and O–H groups in total. The molecule has 0 bridgehead atoms. The second-order valence-electron chi connectivity index (χ2n) is 6.13. The van der Waals surface area contributed by atoms with Crippen LogP contribution in [0.4, 0.5) is 0 Å². The van der Waals surface area contributed by atoms with Crippen molar-refractivity contribution in [3.8, 4) is 0 Å².